The number of hydrogen-bond acceptors (Lipinski definition) is 4. The maximum atomic E-state index is 9.13. The number of nitrogens with two attached hydrogens (primary N) is 1. The van der Waals surface area contributed by atoms with Crippen LogP contribution in [-0.2, 0) is 0 Å². The fourth-order valence-electron chi connectivity index (χ4n) is 1.87. The summed E-state index contributed by atoms with van der Waals surface area (Å²) in [5.74, 6) is 1.46. The Morgan fingerprint density at radius 3 is 2.56 bits per heavy atom. The molecule has 1 aromatic carbocycles. The summed E-state index contributed by atoms with van der Waals surface area (Å²) in [7, 11) is 0. The normalized spacial score (nSPS) is 16.0. The van der Waals surface area contributed by atoms with Gasteiger partial charge in [0.2, 0.25) is 0 Å². The molecule has 0 radical (unpaired) electrons. The van der Waals surface area contributed by atoms with Gasteiger partial charge in [-0.15, -0.1) is 0 Å². The molecular formula is C12H17NO3. The van der Waals surface area contributed by atoms with Crippen molar-refractivity contribution in [1.82, 2.24) is 0 Å². The van der Waals surface area contributed by atoms with Gasteiger partial charge in [-0.3, -0.25) is 0 Å². The van der Waals surface area contributed by atoms with Gasteiger partial charge in [-0.25, -0.2) is 0 Å². The number of rotatable bonds is 2. The molecule has 4 heteroatoms. The van der Waals surface area contributed by atoms with E-state index < -0.39 is 6.04 Å². The van der Waals surface area contributed by atoms with E-state index in [4.69, 9.17) is 20.3 Å². The molecule has 16 heavy (non-hydrogen) atoms. The van der Waals surface area contributed by atoms with Crippen LogP contribution < -0.4 is 15.2 Å². The minimum Gasteiger partial charge on any atom is -0.486 e. The van der Waals surface area contributed by atoms with Gasteiger partial charge in [0, 0.05) is 5.56 Å². The lowest BCUT2D eigenvalue weighted by Crippen LogP contribution is -2.22. The maximum Gasteiger partial charge on any atom is 0.166 e. The summed E-state index contributed by atoms with van der Waals surface area (Å²) in [5.41, 5.74) is 8.84. The van der Waals surface area contributed by atoms with E-state index >= 15 is 0 Å². The molecular weight excluding hydrogens is 206 g/mol. The van der Waals surface area contributed by atoms with E-state index in [1.54, 1.807) is 0 Å². The zero-order valence-electron chi connectivity index (χ0n) is 9.62. The Labute approximate surface area is 95.0 Å². The minimum atomic E-state index is -0.422. The molecule has 88 valence electrons. The number of benzene rings is 1. The topological polar surface area (TPSA) is 64.7 Å². The van der Waals surface area contributed by atoms with E-state index in [-0.39, 0.29) is 6.61 Å². The first-order valence-corrected chi connectivity index (χ1v) is 5.41. The van der Waals surface area contributed by atoms with Crippen molar-refractivity contribution in [3.63, 3.8) is 0 Å². The predicted octanol–water partition coefficient (Wildman–Crippen LogP) is 1.07. The SMILES string of the molecule is Cc1cc(C(N)CO)c2c(c1C)OCCO2. The highest BCUT2D eigenvalue weighted by Gasteiger charge is 2.22. The molecule has 0 aromatic heterocycles. The molecule has 1 heterocycles. The Bertz CT molecular complexity index is 404. The van der Waals surface area contributed by atoms with Crippen molar-refractivity contribution in [2.24, 2.45) is 5.73 Å². The highest BCUT2D eigenvalue weighted by molar-refractivity contribution is 5.56. The maximum absolute atomic E-state index is 9.13. The van der Waals surface area contributed by atoms with Crippen molar-refractivity contribution < 1.29 is 14.6 Å². The second kappa shape index (κ2) is 4.31. The quantitative estimate of drug-likeness (QED) is 0.787. The molecule has 0 aliphatic carbocycles. The molecule has 0 fully saturated rings. The highest BCUT2D eigenvalue weighted by Crippen LogP contribution is 2.40. The molecule has 1 unspecified atom stereocenters. The number of aliphatic hydroxyl groups excluding tert-OH is 1. The average molecular weight is 223 g/mol. The monoisotopic (exact) mass is 223 g/mol. The Morgan fingerprint density at radius 1 is 1.31 bits per heavy atom. The summed E-state index contributed by atoms with van der Waals surface area (Å²) in [6.07, 6.45) is 0. The Kier molecular flexibility index (Phi) is 3.03. The lowest BCUT2D eigenvalue weighted by Gasteiger charge is -2.25. The zero-order valence-corrected chi connectivity index (χ0v) is 9.62. The fourth-order valence-corrected chi connectivity index (χ4v) is 1.87. The molecule has 0 saturated carbocycles. The van der Waals surface area contributed by atoms with Crippen molar-refractivity contribution in [3.8, 4) is 11.5 Å². The van der Waals surface area contributed by atoms with Gasteiger partial charge in [0.05, 0.1) is 12.6 Å². The largest absolute Gasteiger partial charge is 0.486 e. The van der Waals surface area contributed by atoms with Crippen LogP contribution in [-0.4, -0.2) is 24.9 Å². The number of hydrogen-bond donors (Lipinski definition) is 2. The molecule has 0 spiro atoms. The van der Waals surface area contributed by atoms with Crippen molar-refractivity contribution in [2.75, 3.05) is 19.8 Å². The second-order valence-corrected chi connectivity index (χ2v) is 4.05. The van der Waals surface area contributed by atoms with Gasteiger partial charge in [0.15, 0.2) is 11.5 Å². The molecule has 1 aliphatic heterocycles. The summed E-state index contributed by atoms with van der Waals surface area (Å²) >= 11 is 0. The van der Waals surface area contributed by atoms with Crippen LogP contribution in [0.4, 0.5) is 0 Å². The summed E-state index contributed by atoms with van der Waals surface area (Å²) < 4.78 is 11.2. The number of fused-ring (bicyclic) bond motifs is 1. The minimum absolute atomic E-state index is 0.0989. The van der Waals surface area contributed by atoms with E-state index in [1.807, 2.05) is 19.9 Å². The van der Waals surface area contributed by atoms with Crippen molar-refractivity contribution in [1.29, 1.82) is 0 Å². The third kappa shape index (κ3) is 1.74. The van der Waals surface area contributed by atoms with Crippen LogP contribution in [0.2, 0.25) is 0 Å². The summed E-state index contributed by atoms with van der Waals surface area (Å²) in [6, 6.07) is 1.54. The Hall–Kier alpha value is -1.26. The van der Waals surface area contributed by atoms with Gasteiger partial charge in [0.25, 0.3) is 0 Å². The first-order valence-electron chi connectivity index (χ1n) is 5.41. The van der Waals surface area contributed by atoms with Crippen molar-refractivity contribution >= 4 is 0 Å². The van der Waals surface area contributed by atoms with Gasteiger partial charge in [-0.2, -0.15) is 0 Å². The number of aliphatic hydroxyl groups is 1. The van der Waals surface area contributed by atoms with Crippen LogP contribution in [0, 0.1) is 13.8 Å². The van der Waals surface area contributed by atoms with Gasteiger partial charge in [-0.1, -0.05) is 6.07 Å². The standard InChI is InChI=1S/C12H17NO3/c1-7-5-9(10(13)6-14)12-11(8(7)2)15-3-4-16-12/h5,10,14H,3-4,6,13H2,1-2H3. The van der Waals surface area contributed by atoms with E-state index in [0.29, 0.717) is 19.0 Å². The average Bonchev–Trinajstić information content (AvgIpc) is 2.33. The van der Waals surface area contributed by atoms with Gasteiger partial charge >= 0.3 is 0 Å². The number of aryl methyl sites for hydroxylation is 1. The highest BCUT2D eigenvalue weighted by atomic mass is 16.6. The fraction of sp³-hybridized carbons (Fsp3) is 0.500. The molecule has 0 bridgehead atoms. The van der Waals surface area contributed by atoms with Crippen LogP contribution in [0.1, 0.15) is 22.7 Å². The first kappa shape index (κ1) is 11.2. The molecule has 4 nitrogen and oxygen atoms in total. The first-order chi connectivity index (χ1) is 7.65. The third-order valence-corrected chi connectivity index (χ3v) is 2.94. The van der Waals surface area contributed by atoms with Crippen molar-refractivity contribution in [2.45, 2.75) is 19.9 Å². The zero-order chi connectivity index (χ0) is 11.7. The van der Waals surface area contributed by atoms with E-state index in [1.165, 1.54) is 0 Å². The molecule has 0 saturated heterocycles. The molecule has 0 amide bonds. The lowest BCUT2D eigenvalue weighted by molar-refractivity contribution is 0.166. The number of ether oxygens (including phenoxy) is 2. The Balaban J connectivity index is 2.57. The van der Waals surface area contributed by atoms with Crippen LogP contribution in [0.25, 0.3) is 0 Å². The van der Waals surface area contributed by atoms with Crippen LogP contribution in [0.3, 0.4) is 0 Å². The summed E-state index contributed by atoms with van der Waals surface area (Å²) in [4.78, 5) is 0. The second-order valence-electron chi connectivity index (χ2n) is 4.05. The molecule has 1 aromatic rings. The van der Waals surface area contributed by atoms with E-state index in [2.05, 4.69) is 0 Å². The molecule has 3 N–H and O–H groups in total. The van der Waals surface area contributed by atoms with Gasteiger partial charge < -0.3 is 20.3 Å². The molecule has 1 atom stereocenters. The smallest absolute Gasteiger partial charge is 0.166 e. The van der Waals surface area contributed by atoms with Crippen LogP contribution >= 0.6 is 0 Å². The van der Waals surface area contributed by atoms with Gasteiger partial charge in [0.1, 0.15) is 13.2 Å². The van der Waals surface area contributed by atoms with Gasteiger partial charge in [-0.05, 0) is 25.0 Å². The van der Waals surface area contributed by atoms with Crippen LogP contribution in [0.15, 0.2) is 6.07 Å². The third-order valence-electron chi connectivity index (χ3n) is 2.94. The Morgan fingerprint density at radius 2 is 1.94 bits per heavy atom. The summed E-state index contributed by atoms with van der Waals surface area (Å²) in [6.45, 7) is 4.99. The van der Waals surface area contributed by atoms with E-state index in [9.17, 15) is 0 Å². The van der Waals surface area contributed by atoms with Crippen LogP contribution in [0.5, 0.6) is 11.5 Å². The lowest BCUT2D eigenvalue weighted by atomic mass is 9.99. The summed E-state index contributed by atoms with van der Waals surface area (Å²) in [5, 5.41) is 9.13. The predicted molar refractivity (Wildman–Crippen MR) is 60.9 cm³/mol. The van der Waals surface area contributed by atoms with Crippen molar-refractivity contribution in [3.05, 3.63) is 22.8 Å². The molecule has 1 aliphatic rings. The van der Waals surface area contributed by atoms with E-state index in [0.717, 1.165) is 22.4 Å². The molecule has 2 rings (SSSR count).